The smallest absolute Gasteiger partial charge is 0.412 e. The molecule has 29 heavy (non-hydrogen) atoms. The zero-order chi connectivity index (χ0) is 20.4. The molecule has 0 unspecified atom stereocenters. The van der Waals surface area contributed by atoms with E-state index >= 15 is 0 Å². The highest BCUT2D eigenvalue weighted by molar-refractivity contribution is 7.12. The first-order valence-electron chi connectivity index (χ1n) is 9.17. The van der Waals surface area contributed by atoms with Crippen LogP contribution >= 0.6 is 11.3 Å². The van der Waals surface area contributed by atoms with Crippen LogP contribution in [0.25, 0.3) is 0 Å². The van der Waals surface area contributed by atoms with Crippen LogP contribution in [0.15, 0.2) is 41.8 Å². The van der Waals surface area contributed by atoms with Crippen LogP contribution in [0.5, 0.6) is 0 Å². The van der Waals surface area contributed by atoms with Crippen molar-refractivity contribution in [1.29, 1.82) is 0 Å². The molecule has 8 nitrogen and oxygen atoms in total. The van der Waals surface area contributed by atoms with Gasteiger partial charge in [0.2, 0.25) is 0 Å². The topological polar surface area (TPSA) is 103 Å². The van der Waals surface area contributed by atoms with E-state index in [9.17, 15) is 14.4 Å². The van der Waals surface area contributed by atoms with Crippen LogP contribution < -0.4 is 10.6 Å². The number of anilines is 1. The summed E-state index contributed by atoms with van der Waals surface area (Å²) in [5.74, 6) is -0.221. The van der Waals surface area contributed by atoms with Gasteiger partial charge >= 0.3 is 6.09 Å². The van der Waals surface area contributed by atoms with Crippen molar-refractivity contribution < 1.29 is 28.6 Å². The highest BCUT2D eigenvalue weighted by atomic mass is 32.1. The van der Waals surface area contributed by atoms with Gasteiger partial charge in [0, 0.05) is 11.3 Å². The fourth-order valence-electron chi connectivity index (χ4n) is 3.41. The minimum atomic E-state index is -0.635. The van der Waals surface area contributed by atoms with E-state index in [-0.39, 0.29) is 30.4 Å². The Balaban J connectivity index is 1.30. The first-order chi connectivity index (χ1) is 14.0. The van der Waals surface area contributed by atoms with Gasteiger partial charge in [-0.2, -0.15) is 0 Å². The molecule has 4 rings (SSSR count). The molecule has 1 aromatic heterocycles. The first kappa shape index (κ1) is 19.6. The second kappa shape index (κ2) is 8.32. The second-order valence-electron chi connectivity index (χ2n) is 6.86. The molecule has 2 saturated heterocycles. The Morgan fingerprint density at radius 2 is 1.83 bits per heavy atom. The molecule has 2 fully saturated rings. The molecule has 152 valence electrons. The maximum atomic E-state index is 12.3. The van der Waals surface area contributed by atoms with E-state index in [1.165, 1.54) is 18.3 Å². The molecular weight excluding hydrogens is 396 g/mol. The number of Topliss-reactive ketones (excluding diaryl/α,β-unsaturated/α-hetero) is 1. The van der Waals surface area contributed by atoms with Crippen molar-refractivity contribution in [3.05, 3.63) is 52.2 Å². The summed E-state index contributed by atoms with van der Waals surface area (Å²) < 4.78 is 16.9. The highest BCUT2D eigenvalue weighted by Gasteiger charge is 2.50. The third kappa shape index (κ3) is 4.31. The number of amides is 2. The Morgan fingerprint density at radius 1 is 1.07 bits per heavy atom. The minimum absolute atomic E-state index is 0.0487. The van der Waals surface area contributed by atoms with Gasteiger partial charge in [0.25, 0.3) is 5.91 Å². The number of rotatable bonds is 5. The molecule has 2 aliphatic rings. The fourth-order valence-corrected chi connectivity index (χ4v) is 4.04. The van der Waals surface area contributed by atoms with E-state index in [0.717, 1.165) is 0 Å². The van der Waals surface area contributed by atoms with E-state index in [2.05, 4.69) is 10.6 Å². The zero-order valence-corrected chi connectivity index (χ0v) is 16.4. The van der Waals surface area contributed by atoms with Gasteiger partial charge in [-0.25, -0.2) is 4.79 Å². The molecule has 0 bridgehead atoms. The predicted octanol–water partition coefficient (Wildman–Crippen LogP) is 2.46. The third-order valence-electron chi connectivity index (χ3n) is 4.87. The van der Waals surface area contributed by atoms with Crippen molar-refractivity contribution in [1.82, 2.24) is 5.32 Å². The monoisotopic (exact) mass is 416 g/mol. The van der Waals surface area contributed by atoms with Crippen LogP contribution in [0.4, 0.5) is 10.5 Å². The van der Waals surface area contributed by atoms with Crippen molar-refractivity contribution in [3.63, 3.8) is 0 Å². The largest absolute Gasteiger partial charge is 0.441 e. The summed E-state index contributed by atoms with van der Waals surface area (Å²) in [6, 6.07) is 9.80. The number of carbonyl (C=O) groups is 3. The summed E-state index contributed by atoms with van der Waals surface area (Å²) in [5.41, 5.74) is 1.08. The van der Waals surface area contributed by atoms with Gasteiger partial charge in [0.15, 0.2) is 11.9 Å². The van der Waals surface area contributed by atoms with Gasteiger partial charge in [-0.15, -0.1) is 11.3 Å². The molecule has 9 heteroatoms. The lowest BCUT2D eigenvalue weighted by Gasteiger charge is -2.18. The summed E-state index contributed by atoms with van der Waals surface area (Å²) in [5, 5.41) is 7.38. The molecule has 0 saturated carbocycles. The number of hydrogen-bond acceptors (Lipinski definition) is 7. The fraction of sp³-hybridized carbons (Fsp3) is 0.350. The Labute approximate surface area is 171 Å². The van der Waals surface area contributed by atoms with Crippen molar-refractivity contribution in [2.24, 2.45) is 0 Å². The van der Waals surface area contributed by atoms with Crippen molar-refractivity contribution in [3.8, 4) is 0 Å². The molecule has 4 atom stereocenters. The molecule has 0 radical (unpaired) electrons. The van der Waals surface area contributed by atoms with Crippen LogP contribution in [-0.2, 0) is 14.2 Å². The average molecular weight is 416 g/mol. The summed E-state index contributed by atoms with van der Waals surface area (Å²) in [6.07, 6.45) is -2.01. The average Bonchev–Trinajstić information content (AvgIpc) is 3.42. The molecule has 3 heterocycles. The molecule has 0 spiro atoms. The summed E-state index contributed by atoms with van der Waals surface area (Å²) in [6.45, 7) is 1.96. The number of ketones is 1. The van der Waals surface area contributed by atoms with E-state index in [1.54, 1.807) is 30.3 Å². The Kier molecular flexibility index (Phi) is 5.61. The maximum Gasteiger partial charge on any atom is 0.412 e. The number of fused-ring (bicyclic) bond motifs is 1. The minimum Gasteiger partial charge on any atom is -0.441 e. The van der Waals surface area contributed by atoms with Crippen LogP contribution in [0.3, 0.4) is 0 Å². The normalized spacial score (nSPS) is 25.3. The van der Waals surface area contributed by atoms with Crippen molar-refractivity contribution in [2.75, 3.05) is 18.5 Å². The molecule has 1 aromatic carbocycles. The summed E-state index contributed by atoms with van der Waals surface area (Å²) in [7, 11) is 0. The number of carbonyl (C=O) groups excluding carboxylic acids is 3. The molecular formula is C20H20N2O6S. The van der Waals surface area contributed by atoms with Crippen molar-refractivity contribution >= 4 is 34.8 Å². The SMILES string of the molecule is CC(=O)c1ccc(NC(=O)O[C@@H]2CO[C@H]3[C@@H]2OC[C@@H]3NC(=O)c2cccs2)cc1. The highest BCUT2D eigenvalue weighted by Crippen LogP contribution is 2.29. The lowest BCUT2D eigenvalue weighted by atomic mass is 10.1. The van der Waals surface area contributed by atoms with Gasteiger partial charge in [0.1, 0.15) is 12.2 Å². The Hall–Kier alpha value is -2.75. The van der Waals surface area contributed by atoms with Gasteiger partial charge in [0.05, 0.1) is 24.1 Å². The van der Waals surface area contributed by atoms with Gasteiger partial charge in [-0.05, 0) is 42.6 Å². The molecule has 2 N–H and O–H groups in total. The third-order valence-corrected chi connectivity index (χ3v) is 5.73. The molecule has 2 aliphatic heterocycles. The lowest BCUT2D eigenvalue weighted by molar-refractivity contribution is 0.00862. The van der Waals surface area contributed by atoms with Crippen LogP contribution in [0.2, 0.25) is 0 Å². The molecule has 2 aromatic rings. The summed E-state index contributed by atoms with van der Waals surface area (Å²) >= 11 is 1.36. The number of nitrogens with one attached hydrogen (secondary N) is 2. The second-order valence-corrected chi connectivity index (χ2v) is 7.80. The van der Waals surface area contributed by atoms with Gasteiger partial charge < -0.3 is 19.5 Å². The van der Waals surface area contributed by atoms with Crippen LogP contribution in [0.1, 0.15) is 27.0 Å². The Morgan fingerprint density at radius 3 is 2.52 bits per heavy atom. The van der Waals surface area contributed by atoms with E-state index in [1.807, 2.05) is 11.4 Å². The van der Waals surface area contributed by atoms with Gasteiger partial charge in [-0.1, -0.05) is 6.07 Å². The van der Waals surface area contributed by atoms with Crippen LogP contribution in [0, 0.1) is 0 Å². The Bertz CT molecular complexity index is 898. The van der Waals surface area contributed by atoms with E-state index < -0.39 is 18.3 Å². The quantitative estimate of drug-likeness (QED) is 0.726. The standard InChI is InChI=1S/C20H20N2O6S/c1-11(23)12-4-6-13(7-5-12)21-20(25)28-15-10-27-17-14(9-26-18(15)17)22-19(24)16-3-2-8-29-16/h2-8,14-15,17-18H,9-10H2,1H3,(H,21,25)(H,22,24)/t14-,15+,17+,18+/m0/s1. The van der Waals surface area contributed by atoms with Crippen LogP contribution in [-0.4, -0.2) is 55.4 Å². The van der Waals surface area contributed by atoms with E-state index in [4.69, 9.17) is 14.2 Å². The van der Waals surface area contributed by atoms with Crippen molar-refractivity contribution in [2.45, 2.75) is 31.3 Å². The number of benzene rings is 1. The van der Waals surface area contributed by atoms with E-state index in [0.29, 0.717) is 22.7 Å². The van der Waals surface area contributed by atoms with Gasteiger partial charge in [-0.3, -0.25) is 14.9 Å². The first-order valence-corrected chi connectivity index (χ1v) is 10.1. The number of hydrogen-bond donors (Lipinski definition) is 2. The number of ether oxygens (including phenoxy) is 3. The predicted molar refractivity (Wildman–Crippen MR) is 105 cm³/mol. The summed E-state index contributed by atoms with van der Waals surface area (Å²) in [4.78, 5) is 36.4. The lowest BCUT2D eigenvalue weighted by Crippen LogP contribution is -2.44. The molecule has 2 amide bonds. The zero-order valence-electron chi connectivity index (χ0n) is 15.6. The number of thiophene rings is 1. The maximum absolute atomic E-state index is 12.3. The molecule has 0 aliphatic carbocycles.